The summed E-state index contributed by atoms with van der Waals surface area (Å²) in [5.41, 5.74) is 1.14. The van der Waals surface area contributed by atoms with Crippen molar-refractivity contribution in [1.82, 2.24) is 19.9 Å². The second kappa shape index (κ2) is 15.6. The Morgan fingerprint density at radius 2 is 0.719 bits per heavy atom. The van der Waals surface area contributed by atoms with Crippen LogP contribution in [0.15, 0.2) is 146 Å². The van der Waals surface area contributed by atoms with Crippen LogP contribution in [0.4, 0.5) is 43.9 Å². The molecule has 0 atom stereocenters. The van der Waals surface area contributed by atoms with Crippen molar-refractivity contribution < 1.29 is 43.9 Å². The Morgan fingerprint density at radius 3 is 1.09 bits per heavy atom. The molecule has 3 aromatic heterocycles. The van der Waals surface area contributed by atoms with Gasteiger partial charge in [-0.15, -0.1) is 0 Å². The molecule has 0 fully saturated rings. The van der Waals surface area contributed by atoms with Crippen molar-refractivity contribution in [2.45, 2.75) is 27.6 Å². The van der Waals surface area contributed by atoms with Gasteiger partial charge in [-0.1, -0.05) is 121 Å². The van der Waals surface area contributed by atoms with Crippen LogP contribution < -0.4 is 0 Å². The summed E-state index contributed by atoms with van der Waals surface area (Å²) in [6.45, 7) is 0. The number of hydrogen-bond acceptors (Lipinski definition) is 2. The van der Waals surface area contributed by atoms with Crippen molar-refractivity contribution in [3.05, 3.63) is 168 Å². The molecule has 64 heavy (non-hydrogen) atoms. The predicted octanol–water partition coefficient (Wildman–Crippen LogP) is 15.3. The molecule has 2 aliphatic heterocycles. The molecule has 0 unspecified atom stereocenters. The summed E-state index contributed by atoms with van der Waals surface area (Å²) >= 11 is -0.465. The summed E-state index contributed by atoms with van der Waals surface area (Å²) in [5.74, 6) is -27.7. The first-order chi connectivity index (χ1) is 30.4. The molecule has 0 spiro atoms. The maximum Gasteiger partial charge on any atom is 0.387 e. The van der Waals surface area contributed by atoms with Gasteiger partial charge >= 0.3 is 27.6 Å². The molecule has 2 aliphatic rings. The average molecular weight is 991 g/mol. The number of nitrogens with zero attached hydrogens (tertiary/aromatic N) is 2. The van der Waals surface area contributed by atoms with Crippen LogP contribution in [0.2, 0.25) is 0 Å². The van der Waals surface area contributed by atoms with Gasteiger partial charge in [-0.25, -0.2) is 9.97 Å². The van der Waals surface area contributed by atoms with Gasteiger partial charge in [0.1, 0.15) is 0 Å². The van der Waals surface area contributed by atoms with Gasteiger partial charge in [0, 0.05) is 66.9 Å². The van der Waals surface area contributed by atoms with Crippen LogP contribution in [0.5, 0.6) is 0 Å². The quantitative estimate of drug-likeness (QED) is 0.0860. The van der Waals surface area contributed by atoms with Gasteiger partial charge < -0.3 is 9.97 Å². The highest BCUT2D eigenvalue weighted by atomic mass is 127. The lowest BCUT2D eigenvalue weighted by atomic mass is 9.89. The monoisotopic (exact) mass is 990 g/mol. The normalized spacial score (nSPS) is 13.6. The van der Waals surface area contributed by atoms with E-state index in [0.717, 1.165) is 5.56 Å². The van der Waals surface area contributed by atoms with Gasteiger partial charge in [0.05, 0.1) is 28.3 Å². The maximum absolute atomic E-state index is 17.0. The standard InChI is InChI=1S/C49H29F10IN4/c50-45(51,46(52,53)47(54,55)48(56,57)49(58,59)60)32-27-39-42(30-17-9-3-10-18-30)37-24-23-35(62-37)40(28-13-5-1-6-14-28)33-21-22-34(61-33)41(29-15-7-2-8-16-29)36-25-26-38(63-36)43(44(32)64-39)31-19-11-4-12-20-31/h1-27,62-63H. The molecule has 4 nitrogen and oxygen atoms in total. The molecule has 15 heteroatoms. The van der Waals surface area contributed by atoms with E-state index >= 15 is 26.3 Å². The number of H-pyrrole nitrogens is 2. The Balaban J connectivity index is 1.50. The number of rotatable bonds is 9. The molecule has 7 aromatic rings. The largest absolute Gasteiger partial charge is 0.387 e. The van der Waals surface area contributed by atoms with E-state index in [0.29, 0.717) is 50.8 Å². The number of aromatic nitrogens is 4. The lowest BCUT2D eigenvalue weighted by Crippen LogP contribution is -2.66. The number of aromatic amines is 2. The Bertz CT molecular complexity index is 3140. The van der Waals surface area contributed by atoms with Crippen LogP contribution in [0.25, 0.3) is 90.4 Å². The fraction of sp³-hybridized carbons (Fsp3) is 0.102. The Labute approximate surface area is 371 Å². The highest BCUT2D eigenvalue weighted by Crippen LogP contribution is 2.62. The second-order valence-corrected chi connectivity index (χ2v) is 16.3. The summed E-state index contributed by atoms with van der Waals surface area (Å²) in [5, 5.41) is 0. The van der Waals surface area contributed by atoms with Crippen molar-refractivity contribution in [3.8, 4) is 44.5 Å². The zero-order valence-electron chi connectivity index (χ0n) is 32.6. The number of fused-ring (bicyclic) bond motifs is 8. The molecule has 0 saturated carbocycles. The molecular formula is C49H29F10IN4. The van der Waals surface area contributed by atoms with Gasteiger partial charge in [-0.2, -0.15) is 43.9 Å². The number of halogens is 11. The minimum Gasteiger partial charge on any atom is -0.354 e. The molecule has 0 radical (unpaired) electrons. The second-order valence-electron chi connectivity index (χ2n) is 15.0. The van der Waals surface area contributed by atoms with E-state index in [9.17, 15) is 17.6 Å². The minimum atomic E-state index is -7.31. The number of hydrogen-bond donors (Lipinski definition) is 2. The van der Waals surface area contributed by atoms with Gasteiger partial charge in [0.2, 0.25) is 0 Å². The maximum atomic E-state index is 17.0. The zero-order chi connectivity index (χ0) is 45.2. The smallest absolute Gasteiger partial charge is 0.354 e. The van der Waals surface area contributed by atoms with Gasteiger partial charge in [0.15, 0.2) is 0 Å². The van der Waals surface area contributed by atoms with E-state index in [1.54, 1.807) is 78.9 Å². The van der Waals surface area contributed by atoms with E-state index in [1.165, 1.54) is 30.3 Å². The summed E-state index contributed by atoms with van der Waals surface area (Å²) in [6.07, 6.45) is 4.06. The highest BCUT2D eigenvalue weighted by Gasteiger charge is 2.86. The fourth-order valence-electron chi connectivity index (χ4n) is 7.89. The topological polar surface area (TPSA) is 57.4 Å². The van der Waals surface area contributed by atoms with Crippen molar-refractivity contribution in [2.75, 3.05) is 0 Å². The van der Waals surface area contributed by atoms with Crippen molar-refractivity contribution in [3.63, 3.8) is 0 Å². The van der Waals surface area contributed by atoms with Gasteiger partial charge in [-0.05, 0) is 64.7 Å². The first-order valence-electron chi connectivity index (χ1n) is 19.4. The third-order valence-corrected chi connectivity index (χ3v) is 11.7. The van der Waals surface area contributed by atoms with Crippen LogP contribution in [0, 0.1) is 0 Å². The van der Waals surface area contributed by atoms with Crippen LogP contribution in [-0.4, -0.2) is 47.6 Å². The van der Waals surface area contributed by atoms with Crippen LogP contribution in [0.1, 0.15) is 22.8 Å². The van der Waals surface area contributed by atoms with E-state index in [1.807, 2.05) is 48.5 Å². The van der Waals surface area contributed by atoms with E-state index < -0.39 is 67.2 Å². The first-order valence-corrected chi connectivity index (χ1v) is 20.5. The third kappa shape index (κ3) is 6.91. The first kappa shape index (κ1) is 42.8. The number of nitrogens with one attached hydrogen (secondary N) is 2. The molecule has 0 aliphatic carbocycles. The SMILES string of the molecule is FC(F)(I)C(F)(F)C(F)(F)C(F)(F)C(F)(F)C1=Cc2nc1c(-c1ccccc1)c1ccc([nH]1)c(-c1ccccc1)c1nc(c(-c3ccccc3)c3ccc([nH]3)c2-c2ccccc2)C=C1. The Morgan fingerprint density at radius 1 is 0.375 bits per heavy atom. The molecule has 0 amide bonds. The summed E-state index contributed by atoms with van der Waals surface area (Å²) in [6, 6.07) is 39.9. The molecule has 4 aromatic carbocycles. The minimum absolute atomic E-state index is 0.0179. The molecule has 322 valence electrons. The van der Waals surface area contributed by atoms with E-state index in [2.05, 4.69) is 15.0 Å². The highest BCUT2D eigenvalue weighted by molar-refractivity contribution is 14.1. The van der Waals surface area contributed by atoms with Crippen LogP contribution >= 0.6 is 22.6 Å². The van der Waals surface area contributed by atoms with Crippen molar-refractivity contribution in [1.29, 1.82) is 0 Å². The van der Waals surface area contributed by atoms with Crippen molar-refractivity contribution in [2.24, 2.45) is 0 Å². The van der Waals surface area contributed by atoms with Gasteiger partial charge in [-0.3, -0.25) is 0 Å². The Kier molecular flexibility index (Phi) is 10.5. The number of allylic oxidation sites excluding steroid dienone is 1. The molecule has 8 bridgehead atoms. The summed E-state index contributed by atoms with van der Waals surface area (Å²) in [7, 11) is 0. The number of benzene rings is 4. The molecule has 0 saturated heterocycles. The number of alkyl halides is 11. The fourth-order valence-corrected chi connectivity index (χ4v) is 8.23. The molecule has 9 rings (SSSR count). The Hall–Kier alpha value is -6.49. The summed E-state index contributed by atoms with van der Waals surface area (Å²) < 4.78 is 149. The van der Waals surface area contributed by atoms with E-state index in [4.69, 9.17) is 4.98 Å². The van der Waals surface area contributed by atoms with Crippen LogP contribution in [-0.2, 0) is 0 Å². The van der Waals surface area contributed by atoms with Gasteiger partial charge in [0.25, 0.3) is 0 Å². The molecule has 2 N–H and O–H groups in total. The summed E-state index contributed by atoms with van der Waals surface area (Å²) in [4.78, 5) is 16.1. The van der Waals surface area contributed by atoms with Crippen molar-refractivity contribution >= 4 is 68.5 Å². The van der Waals surface area contributed by atoms with Crippen LogP contribution in [0.3, 0.4) is 0 Å². The average Bonchev–Trinajstić information content (AvgIpc) is 4.12. The zero-order valence-corrected chi connectivity index (χ0v) is 34.8. The molecule has 5 heterocycles. The lowest BCUT2D eigenvalue weighted by molar-refractivity contribution is -0.375. The lowest BCUT2D eigenvalue weighted by Gasteiger charge is -2.38. The predicted molar refractivity (Wildman–Crippen MR) is 238 cm³/mol. The van der Waals surface area contributed by atoms with E-state index in [-0.39, 0.29) is 27.7 Å². The third-order valence-electron chi connectivity index (χ3n) is 11.0. The molecular weight excluding hydrogens is 961 g/mol.